The summed E-state index contributed by atoms with van der Waals surface area (Å²) in [5.41, 5.74) is 1.80. The van der Waals surface area contributed by atoms with Crippen LogP contribution in [0.3, 0.4) is 0 Å². The van der Waals surface area contributed by atoms with Crippen LogP contribution in [-0.2, 0) is 11.3 Å². The maximum atomic E-state index is 11.5. The zero-order valence-corrected chi connectivity index (χ0v) is 11.0. The molecule has 5 nitrogen and oxygen atoms in total. The molecule has 0 fully saturated rings. The van der Waals surface area contributed by atoms with E-state index in [9.17, 15) is 4.79 Å². The Kier molecular flexibility index (Phi) is 5.15. The Hall–Kier alpha value is -1.36. The van der Waals surface area contributed by atoms with Crippen LogP contribution in [0.15, 0.2) is 4.52 Å². The highest BCUT2D eigenvalue weighted by Gasteiger charge is 2.09. The molecule has 0 aromatic carbocycles. The zero-order chi connectivity index (χ0) is 12.8. The Morgan fingerprint density at radius 1 is 1.41 bits per heavy atom. The lowest BCUT2D eigenvalue weighted by atomic mass is 10.2. The second kappa shape index (κ2) is 6.39. The number of nitrogens with one attached hydrogen (secondary N) is 2. The van der Waals surface area contributed by atoms with Crippen LogP contribution in [0, 0.1) is 13.8 Å². The molecule has 0 aliphatic carbocycles. The van der Waals surface area contributed by atoms with Crippen molar-refractivity contribution in [3.05, 3.63) is 17.0 Å². The third-order valence-electron chi connectivity index (χ3n) is 2.55. The lowest BCUT2D eigenvalue weighted by Crippen LogP contribution is -2.30. The first-order valence-corrected chi connectivity index (χ1v) is 5.92. The first-order valence-electron chi connectivity index (χ1n) is 5.92. The summed E-state index contributed by atoms with van der Waals surface area (Å²) < 4.78 is 5.03. The van der Waals surface area contributed by atoms with Crippen molar-refractivity contribution in [2.45, 2.75) is 46.7 Å². The summed E-state index contributed by atoms with van der Waals surface area (Å²) in [7, 11) is 0. The molecule has 0 saturated carbocycles. The number of aromatic nitrogens is 1. The number of amides is 1. The van der Waals surface area contributed by atoms with E-state index in [1.165, 1.54) is 0 Å². The molecule has 5 heteroatoms. The van der Waals surface area contributed by atoms with Gasteiger partial charge in [-0.3, -0.25) is 4.79 Å². The van der Waals surface area contributed by atoms with Crippen LogP contribution < -0.4 is 10.6 Å². The van der Waals surface area contributed by atoms with E-state index < -0.39 is 0 Å². The highest BCUT2D eigenvalue weighted by molar-refractivity contribution is 5.76. The smallest absolute Gasteiger partial charge is 0.221 e. The monoisotopic (exact) mass is 239 g/mol. The van der Waals surface area contributed by atoms with E-state index in [1.54, 1.807) is 0 Å². The van der Waals surface area contributed by atoms with E-state index in [0.717, 1.165) is 17.0 Å². The van der Waals surface area contributed by atoms with Gasteiger partial charge in [-0.1, -0.05) is 19.0 Å². The van der Waals surface area contributed by atoms with Crippen molar-refractivity contribution in [2.24, 2.45) is 0 Å². The predicted molar refractivity (Wildman–Crippen MR) is 65.6 cm³/mol. The Morgan fingerprint density at radius 2 is 2.12 bits per heavy atom. The van der Waals surface area contributed by atoms with Gasteiger partial charge in [-0.25, -0.2) is 0 Å². The zero-order valence-electron chi connectivity index (χ0n) is 11.0. The van der Waals surface area contributed by atoms with Crippen LogP contribution in [0.25, 0.3) is 0 Å². The van der Waals surface area contributed by atoms with E-state index in [-0.39, 0.29) is 5.91 Å². The van der Waals surface area contributed by atoms with Crippen molar-refractivity contribution in [1.29, 1.82) is 0 Å². The van der Waals surface area contributed by atoms with Crippen molar-refractivity contribution in [3.8, 4) is 0 Å². The first-order chi connectivity index (χ1) is 8.00. The van der Waals surface area contributed by atoms with Gasteiger partial charge < -0.3 is 15.2 Å². The third kappa shape index (κ3) is 4.56. The maximum Gasteiger partial charge on any atom is 0.221 e. The lowest BCUT2D eigenvalue weighted by molar-refractivity contribution is -0.121. The molecule has 0 aliphatic heterocycles. The first kappa shape index (κ1) is 13.7. The second-order valence-electron chi connectivity index (χ2n) is 4.44. The molecule has 2 N–H and O–H groups in total. The molecular formula is C12H21N3O2. The molecular weight excluding hydrogens is 218 g/mol. The quantitative estimate of drug-likeness (QED) is 0.785. The van der Waals surface area contributed by atoms with Gasteiger partial charge in [0.15, 0.2) is 0 Å². The van der Waals surface area contributed by atoms with Gasteiger partial charge in [0.05, 0.1) is 5.69 Å². The fourth-order valence-corrected chi connectivity index (χ4v) is 1.50. The molecule has 1 amide bonds. The number of rotatable bonds is 6. The Morgan fingerprint density at radius 3 is 2.65 bits per heavy atom. The summed E-state index contributed by atoms with van der Waals surface area (Å²) in [6.45, 7) is 9.02. The van der Waals surface area contributed by atoms with Gasteiger partial charge in [0.2, 0.25) is 5.91 Å². The fraction of sp³-hybridized carbons (Fsp3) is 0.667. The summed E-state index contributed by atoms with van der Waals surface area (Å²) in [5.74, 6) is 0.807. The minimum Gasteiger partial charge on any atom is -0.361 e. The lowest BCUT2D eigenvalue weighted by Gasteiger charge is -2.08. The van der Waals surface area contributed by atoms with Crippen molar-refractivity contribution in [1.82, 2.24) is 15.8 Å². The largest absolute Gasteiger partial charge is 0.361 e. The summed E-state index contributed by atoms with van der Waals surface area (Å²) in [4.78, 5) is 11.5. The number of carbonyl (C=O) groups excluding carboxylic acids is 1. The Labute approximate surface area is 102 Å². The van der Waals surface area contributed by atoms with Gasteiger partial charge in [-0.2, -0.15) is 0 Å². The van der Waals surface area contributed by atoms with E-state index in [1.807, 2.05) is 13.8 Å². The molecule has 0 saturated heterocycles. The number of hydrogen-bond acceptors (Lipinski definition) is 4. The van der Waals surface area contributed by atoms with Crippen LogP contribution in [0.5, 0.6) is 0 Å². The molecule has 1 aromatic rings. The average Bonchev–Trinajstić information content (AvgIpc) is 2.55. The number of aryl methyl sites for hydroxylation is 2. The normalized spacial score (nSPS) is 10.9. The van der Waals surface area contributed by atoms with Gasteiger partial charge in [0.1, 0.15) is 5.76 Å². The van der Waals surface area contributed by atoms with Crippen molar-refractivity contribution in [2.75, 3.05) is 6.54 Å². The van der Waals surface area contributed by atoms with Gasteiger partial charge in [0, 0.05) is 31.1 Å². The standard InChI is InChI=1S/C12H21N3O2/c1-8(2)13-6-5-12(16)14-7-11-9(3)15-17-10(11)4/h8,13H,5-7H2,1-4H3,(H,14,16). The second-order valence-corrected chi connectivity index (χ2v) is 4.44. The molecule has 1 rings (SSSR count). The summed E-state index contributed by atoms with van der Waals surface area (Å²) >= 11 is 0. The van der Waals surface area contributed by atoms with Crippen molar-refractivity contribution >= 4 is 5.91 Å². The average molecular weight is 239 g/mol. The van der Waals surface area contributed by atoms with Crippen molar-refractivity contribution < 1.29 is 9.32 Å². The highest BCUT2D eigenvalue weighted by atomic mass is 16.5. The van der Waals surface area contributed by atoms with Gasteiger partial charge in [-0.15, -0.1) is 0 Å². The van der Waals surface area contributed by atoms with E-state index in [4.69, 9.17) is 4.52 Å². The van der Waals surface area contributed by atoms with Gasteiger partial charge in [-0.05, 0) is 13.8 Å². The van der Waals surface area contributed by atoms with Crippen LogP contribution in [0.2, 0.25) is 0 Å². The molecule has 17 heavy (non-hydrogen) atoms. The number of carbonyl (C=O) groups is 1. The molecule has 0 bridgehead atoms. The summed E-state index contributed by atoms with van der Waals surface area (Å²) in [6, 6.07) is 0.408. The van der Waals surface area contributed by atoms with Crippen LogP contribution >= 0.6 is 0 Å². The Balaban J connectivity index is 2.29. The molecule has 96 valence electrons. The SMILES string of the molecule is Cc1noc(C)c1CNC(=O)CCNC(C)C. The van der Waals surface area contributed by atoms with Gasteiger partial charge >= 0.3 is 0 Å². The molecule has 0 unspecified atom stereocenters. The van der Waals surface area contributed by atoms with Crippen LogP contribution in [0.4, 0.5) is 0 Å². The molecule has 0 aliphatic rings. The maximum absolute atomic E-state index is 11.5. The number of hydrogen-bond donors (Lipinski definition) is 2. The fourth-order valence-electron chi connectivity index (χ4n) is 1.50. The minimum atomic E-state index is 0.0400. The molecule has 1 heterocycles. The minimum absolute atomic E-state index is 0.0400. The molecule has 0 radical (unpaired) electrons. The third-order valence-corrected chi connectivity index (χ3v) is 2.55. The molecule has 0 atom stereocenters. The molecule has 0 spiro atoms. The van der Waals surface area contributed by atoms with E-state index >= 15 is 0 Å². The topological polar surface area (TPSA) is 67.2 Å². The Bertz CT molecular complexity index is 352. The van der Waals surface area contributed by atoms with Crippen molar-refractivity contribution in [3.63, 3.8) is 0 Å². The molecule has 1 aromatic heterocycles. The van der Waals surface area contributed by atoms with E-state index in [0.29, 0.717) is 25.6 Å². The summed E-state index contributed by atoms with van der Waals surface area (Å²) in [6.07, 6.45) is 0.488. The number of nitrogens with zero attached hydrogens (tertiary/aromatic N) is 1. The summed E-state index contributed by atoms with van der Waals surface area (Å²) in [5, 5.41) is 9.90. The highest BCUT2D eigenvalue weighted by Crippen LogP contribution is 2.11. The van der Waals surface area contributed by atoms with Crippen LogP contribution in [-0.4, -0.2) is 23.7 Å². The van der Waals surface area contributed by atoms with Crippen LogP contribution in [0.1, 0.15) is 37.3 Å². The van der Waals surface area contributed by atoms with Gasteiger partial charge in [0.25, 0.3) is 0 Å². The predicted octanol–water partition coefficient (Wildman–Crippen LogP) is 1.30. The van der Waals surface area contributed by atoms with E-state index in [2.05, 4.69) is 29.6 Å².